The lowest BCUT2D eigenvalue weighted by atomic mass is 10.6. The van der Waals surface area contributed by atoms with Crippen molar-refractivity contribution in [1.29, 1.82) is 0 Å². The van der Waals surface area contributed by atoms with Crippen molar-refractivity contribution in [2.45, 2.75) is 11.8 Å². The summed E-state index contributed by atoms with van der Waals surface area (Å²) in [5.41, 5.74) is 0. The van der Waals surface area contributed by atoms with Crippen LogP contribution in [0.25, 0.3) is 0 Å². The van der Waals surface area contributed by atoms with E-state index in [1.165, 1.54) is 12.4 Å². The number of aliphatic imine (C=N–C) groups is 1. The fraction of sp³-hybridized carbons (Fsp3) is 0.500. The van der Waals surface area contributed by atoms with Crippen LogP contribution in [0, 0.1) is 0 Å². The zero-order valence-corrected chi connectivity index (χ0v) is 7.15. The van der Waals surface area contributed by atoms with Crippen LogP contribution in [0.1, 0.15) is 0 Å². The second-order valence-corrected chi connectivity index (χ2v) is 2.91. The highest BCUT2D eigenvalue weighted by Crippen LogP contribution is 2.26. The van der Waals surface area contributed by atoms with Gasteiger partial charge in [-0.3, -0.25) is 4.74 Å². The van der Waals surface area contributed by atoms with Gasteiger partial charge in [-0.1, -0.05) is 11.8 Å². The highest BCUT2D eigenvalue weighted by molar-refractivity contribution is 7.99. The third-order valence-electron chi connectivity index (χ3n) is 1.22. The third kappa shape index (κ3) is 2.18. The standard InChI is InChI=1S/C6H8F2N2OS/c1-12-6(11-5(7)8)9-3-2-4-10-6/h2-5,9H,1H3. The zero-order valence-electron chi connectivity index (χ0n) is 6.33. The molecule has 0 radical (unpaired) electrons. The van der Waals surface area contributed by atoms with Crippen molar-refractivity contribution in [3.8, 4) is 0 Å². The first-order chi connectivity index (χ1) is 5.68. The van der Waals surface area contributed by atoms with Crippen molar-refractivity contribution in [1.82, 2.24) is 5.32 Å². The summed E-state index contributed by atoms with van der Waals surface area (Å²) in [6.45, 7) is -2.84. The molecule has 0 fully saturated rings. The molecule has 0 aromatic rings. The molecule has 0 spiro atoms. The Morgan fingerprint density at radius 1 is 1.67 bits per heavy atom. The van der Waals surface area contributed by atoms with Crippen LogP contribution in [0.15, 0.2) is 17.3 Å². The fourth-order valence-corrected chi connectivity index (χ4v) is 1.24. The van der Waals surface area contributed by atoms with Gasteiger partial charge in [0.15, 0.2) is 0 Å². The number of alkyl halides is 2. The van der Waals surface area contributed by atoms with E-state index in [4.69, 9.17) is 0 Å². The molecule has 1 rings (SSSR count). The first kappa shape index (κ1) is 9.47. The lowest BCUT2D eigenvalue weighted by Crippen LogP contribution is -2.42. The van der Waals surface area contributed by atoms with Gasteiger partial charge in [-0.2, -0.15) is 8.78 Å². The smallest absolute Gasteiger partial charge is 0.336 e. The minimum atomic E-state index is -2.84. The van der Waals surface area contributed by atoms with Crippen LogP contribution >= 0.6 is 11.8 Å². The Kier molecular flexibility index (Phi) is 3.05. The number of allylic oxidation sites excluding steroid dienone is 1. The molecule has 1 unspecified atom stereocenters. The molecule has 1 aliphatic heterocycles. The minimum absolute atomic E-state index is 1.06. The third-order valence-corrected chi connectivity index (χ3v) is 2.09. The normalized spacial score (nSPS) is 27.7. The van der Waals surface area contributed by atoms with Crippen LogP contribution in [-0.2, 0) is 4.74 Å². The van der Waals surface area contributed by atoms with Gasteiger partial charge in [0.25, 0.3) is 5.18 Å². The van der Waals surface area contributed by atoms with E-state index >= 15 is 0 Å². The molecule has 1 heterocycles. The maximum Gasteiger partial charge on any atom is 0.349 e. The molecule has 68 valence electrons. The van der Waals surface area contributed by atoms with E-state index in [0.717, 1.165) is 11.8 Å². The summed E-state index contributed by atoms with van der Waals surface area (Å²) in [4.78, 5) is 3.76. The lowest BCUT2D eigenvalue weighted by molar-refractivity contribution is -0.178. The predicted molar refractivity (Wildman–Crippen MR) is 44.1 cm³/mol. The summed E-state index contributed by atoms with van der Waals surface area (Å²) in [7, 11) is 0. The van der Waals surface area contributed by atoms with Crippen LogP contribution in [0.2, 0.25) is 0 Å². The zero-order chi connectivity index (χ0) is 9.03. The number of nitrogens with zero attached hydrogens (tertiary/aromatic N) is 1. The molecule has 0 aromatic heterocycles. The van der Waals surface area contributed by atoms with Crippen molar-refractivity contribution in [2.24, 2.45) is 4.99 Å². The van der Waals surface area contributed by atoms with Gasteiger partial charge < -0.3 is 5.32 Å². The molecule has 0 saturated heterocycles. The van der Waals surface area contributed by atoms with Gasteiger partial charge in [-0.05, 0) is 12.3 Å². The Labute approximate surface area is 72.9 Å². The molecular formula is C6H8F2N2OS. The summed E-state index contributed by atoms with van der Waals surface area (Å²) in [6.07, 6.45) is 6.15. The molecule has 0 bridgehead atoms. The van der Waals surface area contributed by atoms with Crippen LogP contribution in [0.5, 0.6) is 0 Å². The number of nitrogens with one attached hydrogen (secondary N) is 1. The maximum atomic E-state index is 11.9. The molecule has 0 aromatic carbocycles. The Morgan fingerprint density at radius 2 is 2.42 bits per heavy atom. The van der Waals surface area contributed by atoms with Crippen LogP contribution in [0.4, 0.5) is 8.78 Å². The van der Waals surface area contributed by atoms with Gasteiger partial charge in [0.05, 0.1) is 0 Å². The van der Waals surface area contributed by atoms with Gasteiger partial charge >= 0.3 is 6.61 Å². The van der Waals surface area contributed by atoms with Crippen LogP contribution in [-0.4, -0.2) is 24.3 Å². The first-order valence-electron chi connectivity index (χ1n) is 3.18. The van der Waals surface area contributed by atoms with Crippen LogP contribution < -0.4 is 5.32 Å². The highest BCUT2D eigenvalue weighted by atomic mass is 32.2. The average molecular weight is 194 g/mol. The van der Waals surface area contributed by atoms with Gasteiger partial charge in [0, 0.05) is 12.4 Å². The Bertz CT molecular complexity index is 210. The van der Waals surface area contributed by atoms with Gasteiger partial charge in [0.1, 0.15) is 0 Å². The Morgan fingerprint density at radius 3 is 2.83 bits per heavy atom. The molecule has 1 N–H and O–H groups in total. The largest absolute Gasteiger partial charge is 0.349 e. The molecule has 1 atom stereocenters. The van der Waals surface area contributed by atoms with Crippen LogP contribution in [0.3, 0.4) is 0 Å². The maximum absolute atomic E-state index is 11.9. The van der Waals surface area contributed by atoms with Crippen molar-refractivity contribution in [3.05, 3.63) is 12.3 Å². The second-order valence-electron chi connectivity index (χ2n) is 1.95. The van der Waals surface area contributed by atoms with E-state index in [0.29, 0.717) is 0 Å². The fourth-order valence-electron chi connectivity index (χ4n) is 0.720. The summed E-state index contributed by atoms with van der Waals surface area (Å²) in [6, 6.07) is 0. The van der Waals surface area contributed by atoms with Crippen molar-refractivity contribution >= 4 is 18.0 Å². The first-order valence-corrected chi connectivity index (χ1v) is 4.40. The van der Waals surface area contributed by atoms with E-state index in [1.807, 2.05) is 0 Å². The molecule has 6 heteroatoms. The van der Waals surface area contributed by atoms with Gasteiger partial charge in [0.2, 0.25) is 0 Å². The number of hydrogen-bond acceptors (Lipinski definition) is 4. The molecule has 1 aliphatic rings. The SMILES string of the molecule is CSC1(OC(F)F)N=CC=CN1. The average Bonchev–Trinajstić information content (AvgIpc) is 2.05. The minimum Gasteiger partial charge on any atom is -0.336 e. The van der Waals surface area contributed by atoms with Crippen molar-refractivity contribution in [3.63, 3.8) is 0 Å². The van der Waals surface area contributed by atoms with Gasteiger partial charge in [-0.25, -0.2) is 4.99 Å². The number of halogens is 2. The van der Waals surface area contributed by atoms with E-state index in [9.17, 15) is 8.78 Å². The predicted octanol–water partition coefficient (Wildman–Crippen LogP) is 1.39. The number of hydrogen-bond donors (Lipinski definition) is 1. The number of ether oxygens (including phenoxy) is 1. The molecule has 12 heavy (non-hydrogen) atoms. The van der Waals surface area contributed by atoms with E-state index in [2.05, 4.69) is 15.0 Å². The molecule has 3 nitrogen and oxygen atoms in total. The van der Waals surface area contributed by atoms with Crippen molar-refractivity contribution < 1.29 is 13.5 Å². The monoisotopic (exact) mass is 194 g/mol. The van der Waals surface area contributed by atoms with E-state index in [-0.39, 0.29) is 0 Å². The summed E-state index contributed by atoms with van der Waals surface area (Å²) in [5.74, 6) is 0. The molecular weight excluding hydrogens is 186 g/mol. The highest BCUT2D eigenvalue weighted by Gasteiger charge is 2.32. The summed E-state index contributed by atoms with van der Waals surface area (Å²) in [5, 5.41) is 1.24. The van der Waals surface area contributed by atoms with E-state index < -0.39 is 11.8 Å². The molecule has 0 saturated carbocycles. The second kappa shape index (κ2) is 3.86. The Balaban J connectivity index is 2.63. The molecule has 0 aliphatic carbocycles. The quantitative estimate of drug-likeness (QED) is 0.689. The van der Waals surface area contributed by atoms with Gasteiger partial charge in [-0.15, -0.1) is 0 Å². The van der Waals surface area contributed by atoms with E-state index in [1.54, 1.807) is 12.3 Å². The molecule has 0 amide bonds. The topological polar surface area (TPSA) is 33.6 Å². The number of thioether (sulfide) groups is 1. The van der Waals surface area contributed by atoms with Crippen molar-refractivity contribution in [2.75, 3.05) is 6.26 Å². The Hall–Kier alpha value is -0.620. The summed E-state index contributed by atoms with van der Waals surface area (Å²) < 4.78 is 28.1. The number of rotatable bonds is 3. The summed E-state index contributed by atoms with van der Waals surface area (Å²) >= 11 is 1.06. The lowest BCUT2D eigenvalue weighted by Gasteiger charge is -2.28.